The molecule has 202 valence electrons. The number of halogens is 4. The number of hydrogen-bond acceptors (Lipinski definition) is 6. The number of nitrogens with one attached hydrogen (secondary N) is 1. The molecule has 2 saturated carbocycles. The standard InChI is InChI=1S/C25H27ClF3NO6S/c1-11-5-14-7-16(10-17(11)25(14,34)23(32)12(2)31)37(35,36)21-6-13(3-4-18(21)26)24(33)30-15-8-19(27)22(29)20(28)9-15/h3-4,6,8-9,11-12,14,16-17,23,31-32,34H,5,7,10H2,1-2H3,(H,30,33)/t11-,12+,14+,16+,17+,23+,25+/m0/s1. The van der Waals surface area contributed by atoms with Gasteiger partial charge in [-0.15, -0.1) is 0 Å². The average Bonchev–Trinajstić information content (AvgIpc) is 2.95. The molecule has 4 N–H and O–H groups in total. The number of carbonyl (C=O) groups is 1. The number of carbonyl (C=O) groups excluding carboxylic acids is 1. The Morgan fingerprint density at radius 1 is 1.11 bits per heavy atom. The number of fused-ring (bicyclic) bond motifs is 2. The van der Waals surface area contributed by atoms with E-state index >= 15 is 0 Å². The topological polar surface area (TPSA) is 124 Å². The van der Waals surface area contributed by atoms with Gasteiger partial charge in [0.1, 0.15) is 6.10 Å². The second kappa shape index (κ2) is 9.85. The molecule has 2 aliphatic rings. The fourth-order valence-corrected chi connectivity index (χ4v) is 8.31. The van der Waals surface area contributed by atoms with Crippen LogP contribution in [-0.4, -0.2) is 52.7 Å². The molecule has 4 rings (SSSR count). The van der Waals surface area contributed by atoms with Crippen LogP contribution >= 0.6 is 11.6 Å². The number of rotatable bonds is 6. The van der Waals surface area contributed by atoms with Crippen LogP contribution in [0.25, 0.3) is 0 Å². The summed E-state index contributed by atoms with van der Waals surface area (Å²) in [5, 5.41) is 32.9. The highest BCUT2D eigenvalue weighted by Gasteiger charge is 2.62. The Kier molecular flexibility index (Phi) is 7.41. The number of sulfone groups is 1. The predicted octanol–water partition coefficient (Wildman–Crippen LogP) is 3.69. The second-order valence-corrected chi connectivity index (χ2v) is 12.7. The van der Waals surface area contributed by atoms with Crippen molar-refractivity contribution in [2.24, 2.45) is 17.8 Å². The molecule has 1 amide bonds. The molecular formula is C25H27ClF3NO6S. The lowest BCUT2D eigenvalue weighted by Crippen LogP contribution is -2.59. The monoisotopic (exact) mass is 561 g/mol. The SMILES string of the molecule is C[C@@H](O)[C@@H](O)[C@@]1(O)[C@H]2C[C@@H](S(=O)(=O)c3cc(C(=O)Nc4cc(F)c(F)c(F)c4)ccc3Cl)C[C@@H]1[C@@H](C)C2. The van der Waals surface area contributed by atoms with Gasteiger partial charge in [0.15, 0.2) is 27.3 Å². The van der Waals surface area contributed by atoms with Crippen molar-refractivity contribution in [2.75, 3.05) is 5.32 Å². The summed E-state index contributed by atoms with van der Waals surface area (Å²) < 4.78 is 67.5. The van der Waals surface area contributed by atoms with Crippen molar-refractivity contribution in [1.29, 1.82) is 0 Å². The summed E-state index contributed by atoms with van der Waals surface area (Å²) in [5.41, 5.74) is -2.17. The first-order valence-corrected chi connectivity index (χ1v) is 13.7. The maximum atomic E-state index is 13.7. The van der Waals surface area contributed by atoms with Gasteiger partial charge < -0.3 is 20.6 Å². The molecule has 0 aliphatic heterocycles. The summed E-state index contributed by atoms with van der Waals surface area (Å²) in [5.74, 6) is -6.88. The average molecular weight is 562 g/mol. The molecule has 7 nitrogen and oxygen atoms in total. The molecule has 7 atom stereocenters. The number of benzene rings is 2. The zero-order valence-electron chi connectivity index (χ0n) is 20.0. The van der Waals surface area contributed by atoms with Crippen molar-refractivity contribution >= 4 is 33.0 Å². The van der Waals surface area contributed by atoms with Gasteiger partial charge in [0.25, 0.3) is 5.91 Å². The summed E-state index contributed by atoms with van der Waals surface area (Å²) in [4.78, 5) is 12.4. The Morgan fingerprint density at radius 3 is 2.30 bits per heavy atom. The maximum absolute atomic E-state index is 13.7. The summed E-state index contributed by atoms with van der Waals surface area (Å²) in [7, 11) is -4.12. The van der Waals surface area contributed by atoms with Gasteiger partial charge in [-0.2, -0.15) is 0 Å². The number of aliphatic hydroxyl groups is 3. The number of hydrogen-bond donors (Lipinski definition) is 4. The highest BCUT2D eigenvalue weighted by atomic mass is 35.5. The first-order valence-electron chi connectivity index (χ1n) is 11.8. The highest BCUT2D eigenvalue weighted by Crippen LogP contribution is 2.56. The lowest BCUT2D eigenvalue weighted by atomic mass is 9.69. The van der Waals surface area contributed by atoms with E-state index in [-0.39, 0.29) is 39.9 Å². The van der Waals surface area contributed by atoms with Crippen LogP contribution in [0.15, 0.2) is 35.2 Å². The van der Waals surface area contributed by atoms with E-state index in [0.29, 0.717) is 18.6 Å². The van der Waals surface area contributed by atoms with E-state index in [1.165, 1.54) is 19.1 Å². The zero-order valence-corrected chi connectivity index (χ0v) is 21.5. The van der Waals surface area contributed by atoms with Crippen molar-refractivity contribution in [3.05, 3.63) is 58.4 Å². The summed E-state index contributed by atoms with van der Waals surface area (Å²) in [6.45, 7) is 3.22. The van der Waals surface area contributed by atoms with Crippen LogP contribution in [0.3, 0.4) is 0 Å². The summed E-state index contributed by atoms with van der Waals surface area (Å²) in [6, 6.07) is 4.68. The van der Waals surface area contributed by atoms with Gasteiger partial charge in [0.2, 0.25) is 0 Å². The van der Waals surface area contributed by atoms with Gasteiger partial charge in [-0.1, -0.05) is 18.5 Å². The molecule has 2 fully saturated rings. The molecule has 0 saturated heterocycles. The molecule has 0 radical (unpaired) electrons. The van der Waals surface area contributed by atoms with E-state index in [4.69, 9.17) is 11.6 Å². The van der Waals surface area contributed by atoms with E-state index in [2.05, 4.69) is 5.32 Å². The molecule has 37 heavy (non-hydrogen) atoms. The molecule has 12 heteroatoms. The van der Waals surface area contributed by atoms with Crippen LogP contribution in [0.5, 0.6) is 0 Å². The molecule has 2 bridgehead atoms. The Bertz CT molecular complexity index is 1320. The molecule has 2 aromatic carbocycles. The molecular weight excluding hydrogens is 535 g/mol. The number of amides is 1. The highest BCUT2D eigenvalue weighted by molar-refractivity contribution is 7.92. The largest absolute Gasteiger partial charge is 0.391 e. The molecule has 0 unspecified atom stereocenters. The lowest BCUT2D eigenvalue weighted by molar-refractivity contribution is -0.175. The van der Waals surface area contributed by atoms with Crippen LogP contribution in [0.2, 0.25) is 5.02 Å². The molecule has 0 heterocycles. The summed E-state index contributed by atoms with van der Waals surface area (Å²) in [6.07, 6.45) is -2.14. The van der Waals surface area contributed by atoms with E-state index in [9.17, 15) is 41.7 Å². The van der Waals surface area contributed by atoms with Gasteiger partial charge in [-0.05, 0) is 62.1 Å². The van der Waals surface area contributed by atoms with Gasteiger partial charge in [0.05, 0.1) is 26.9 Å². The Balaban J connectivity index is 1.62. The van der Waals surface area contributed by atoms with Crippen molar-refractivity contribution in [3.8, 4) is 0 Å². The Labute approximate surface area is 217 Å². The summed E-state index contributed by atoms with van der Waals surface area (Å²) >= 11 is 6.21. The number of anilines is 1. The minimum atomic E-state index is -4.12. The van der Waals surface area contributed by atoms with Crippen molar-refractivity contribution in [2.45, 2.75) is 61.1 Å². The van der Waals surface area contributed by atoms with Gasteiger partial charge >= 0.3 is 0 Å². The van der Waals surface area contributed by atoms with E-state index < -0.39 is 68.1 Å². The molecule has 0 spiro atoms. The quantitative estimate of drug-likeness (QED) is 0.399. The smallest absolute Gasteiger partial charge is 0.255 e. The Morgan fingerprint density at radius 2 is 1.73 bits per heavy atom. The van der Waals surface area contributed by atoms with E-state index in [1.54, 1.807) is 0 Å². The van der Waals surface area contributed by atoms with E-state index in [1.807, 2.05) is 6.92 Å². The van der Waals surface area contributed by atoms with Crippen LogP contribution in [0, 0.1) is 35.2 Å². The molecule has 2 aromatic rings. The molecule has 2 aliphatic carbocycles. The Hall–Kier alpha value is -2.18. The first kappa shape index (κ1) is 27.8. The van der Waals surface area contributed by atoms with Crippen LogP contribution in [-0.2, 0) is 9.84 Å². The van der Waals surface area contributed by atoms with Crippen molar-refractivity contribution in [3.63, 3.8) is 0 Å². The second-order valence-electron chi connectivity index (χ2n) is 10.1. The third-order valence-corrected chi connectivity index (χ3v) is 10.4. The van der Waals surface area contributed by atoms with Crippen LogP contribution in [0.1, 0.15) is 43.5 Å². The fourth-order valence-electron chi connectivity index (χ4n) is 5.94. The minimum Gasteiger partial charge on any atom is -0.391 e. The van der Waals surface area contributed by atoms with Crippen molar-refractivity contribution in [1.82, 2.24) is 0 Å². The van der Waals surface area contributed by atoms with Crippen LogP contribution < -0.4 is 5.32 Å². The lowest BCUT2D eigenvalue weighted by Gasteiger charge is -2.46. The third kappa shape index (κ3) is 4.76. The normalized spacial score (nSPS) is 29.1. The van der Waals surface area contributed by atoms with Crippen LogP contribution in [0.4, 0.5) is 18.9 Å². The van der Waals surface area contributed by atoms with Crippen molar-refractivity contribution < 1.29 is 41.7 Å². The van der Waals surface area contributed by atoms with Gasteiger partial charge in [-0.3, -0.25) is 4.79 Å². The van der Waals surface area contributed by atoms with E-state index in [0.717, 1.165) is 6.07 Å². The molecule has 0 aromatic heterocycles. The first-order chi connectivity index (χ1) is 17.2. The minimum absolute atomic E-state index is 0.0150. The predicted molar refractivity (Wildman–Crippen MR) is 129 cm³/mol. The zero-order chi connectivity index (χ0) is 27.4. The number of aliphatic hydroxyl groups excluding tert-OH is 2. The van der Waals surface area contributed by atoms with Gasteiger partial charge in [0, 0.05) is 23.4 Å². The fraction of sp³-hybridized carbons (Fsp3) is 0.480. The van der Waals surface area contributed by atoms with Gasteiger partial charge in [-0.25, -0.2) is 21.6 Å². The maximum Gasteiger partial charge on any atom is 0.255 e. The third-order valence-electron chi connectivity index (χ3n) is 7.77.